The van der Waals surface area contributed by atoms with E-state index in [9.17, 15) is 4.79 Å². The van der Waals surface area contributed by atoms with Gasteiger partial charge in [-0.2, -0.15) is 0 Å². The van der Waals surface area contributed by atoms with Crippen molar-refractivity contribution in [2.45, 2.75) is 6.42 Å². The summed E-state index contributed by atoms with van der Waals surface area (Å²) in [5.74, 6) is -0.338. The molecule has 0 unspecified atom stereocenters. The topological polar surface area (TPSA) is 66.8 Å². The fourth-order valence-electron chi connectivity index (χ4n) is 0.910. The molecule has 0 aliphatic rings. The van der Waals surface area contributed by atoms with Gasteiger partial charge in [0, 0.05) is 13.0 Å². The van der Waals surface area contributed by atoms with Crippen LogP contribution in [0.15, 0.2) is 24.3 Å². The molecule has 0 saturated heterocycles. The van der Waals surface area contributed by atoms with E-state index in [1.807, 2.05) is 0 Å². The fourth-order valence-corrected chi connectivity index (χ4v) is 0.910. The molecule has 0 aromatic heterocycles. The van der Waals surface area contributed by atoms with Gasteiger partial charge in [-0.1, -0.05) is 0 Å². The van der Waals surface area contributed by atoms with E-state index in [4.69, 9.17) is 14.9 Å². The predicted molar refractivity (Wildman–Crippen MR) is 50.1 cm³/mol. The average Bonchev–Trinajstić information content (AvgIpc) is 2.19. The molecular formula is C10H12O4. The standard InChI is InChI=1S/C10H12O4/c11-6-1-7-14-10(13)8-2-4-9(12)5-3-8/h2-5,11-12H,1,6-7H2. The number of aliphatic hydroxyl groups is 1. The maximum atomic E-state index is 11.2. The third-order valence-electron chi connectivity index (χ3n) is 1.64. The molecule has 0 amide bonds. The Balaban J connectivity index is 2.48. The lowest BCUT2D eigenvalue weighted by Crippen LogP contribution is -2.07. The van der Waals surface area contributed by atoms with Gasteiger partial charge in [0.25, 0.3) is 0 Å². The molecular weight excluding hydrogens is 184 g/mol. The van der Waals surface area contributed by atoms with Crippen LogP contribution in [-0.2, 0) is 4.74 Å². The molecule has 0 atom stereocenters. The first-order chi connectivity index (χ1) is 6.74. The van der Waals surface area contributed by atoms with Crippen LogP contribution in [0, 0.1) is 0 Å². The average molecular weight is 196 g/mol. The Bertz CT molecular complexity index is 291. The Morgan fingerprint density at radius 2 is 1.93 bits per heavy atom. The van der Waals surface area contributed by atoms with Crippen molar-refractivity contribution in [2.75, 3.05) is 13.2 Å². The lowest BCUT2D eigenvalue weighted by Gasteiger charge is -2.03. The highest BCUT2D eigenvalue weighted by atomic mass is 16.5. The summed E-state index contributed by atoms with van der Waals surface area (Å²) in [6.07, 6.45) is 0.434. The summed E-state index contributed by atoms with van der Waals surface area (Å²) < 4.78 is 4.83. The number of hydrogen-bond acceptors (Lipinski definition) is 4. The van der Waals surface area contributed by atoms with E-state index in [-0.39, 0.29) is 19.0 Å². The van der Waals surface area contributed by atoms with Crippen molar-refractivity contribution in [2.24, 2.45) is 0 Å². The van der Waals surface area contributed by atoms with Crippen LogP contribution in [0.4, 0.5) is 0 Å². The molecule has 0 spiro atoms. The van der Waals surface area contributed by atoms with Gasteiger partial charge in [-0.15, -0.1) is 0 Å². The molecule has 4 heteroatoms. The Labute approximate surface area is 81.8 Å². The third kappa shape index (κ3) is 3.06. The number of phenolic OH excluding ortho intramolecular Hbond substituents is 1. The molecule has 76 valence electrons. The molecule has 0 aliphatic carbocycles. The molecule has 1 aromatic rings. The summed E-state index contributed by atoms with van der Waals surface area (Å²) in [5, 5.41) is 17.4. The number of carbonyl (C=O) groups excluding carboxylic acids is 1. The second kappa shape index (κ2) is 5.24. The van der Waals surface area contributed by atoms with Gasteiger partial charge in [-0.05, 0) is 24.3 Å². The zero-order valence-electron chi connectivity index (χ0n) is 7.64. The number of benzene rings is 1. The van der Waals surface area contributed by atoms with Gasteiger partial charge in [0.1, 0.15) is 5.75 Å². The summed E-state index contributed by atoms with van der Waals surface area (Å²) >= 11 is 0. The van der Waals surface area contributed by atoms with Crippen LogP contribution < -0.4 is 0 Å². The predicted octanol–water partition coefficient (Wildman–Crippen LogP) is 0.931. The van der Waals surface area contributed by atoms with Crippen LogP contribution in [0.3, 0.4) is 0 Å². The molecule has 14 heavy (non-hydrogen) atoms. The van der Waals surface area contributed by atoms with Crippen LogP contribution >= 0.6 is 0 Å². The Morgan fingerprint density at radius 1 is 1.29 bits per heavy atom. The molecule has 0 radical (unpaired) electrons. The van der Waals surface area contributed by atoms with Gasteiger partial charge in [0.15, 0.2) is 0 Å². The summed E-state index contributed by atoms with van der Waals surface area (Å²) in [6.45, 7) is 0.207. The van der Waals surface area contributed by atoms with Crippen LogP contribution in [0.5, 0.6) is 5.75 Å². The number of ether oxygens (including phenoxy) is 1. The molecule has 0 heterocycles. The highest BCUT2D eigenvalue weighted by molar-refractivity contribution is 5.89. The van der Waals surface area contributed by atoms with E-state index in [1.54, 1.807) is 0 Å². The summed E-state index contributed by atoms with van der Waals surface area (Å²) in [7, 11) is 0. The maximum absolute atomic E-state index is 11.2. The zero-order chi connectivity index (χ0) is 10.4. The number of rotatable bonds is 4. The SMILES string of the molecule is O=C(OCCCO)c1ccc(O)cc1. The van der Waals surface area contributed by atoms with E-state index >= 15 is 0 Å². The van der Waals surface area contributed by atoms with Crippen LogP contribution in [-0.4, -0.2) is 29.4 Å². The normalized spacial score (nSPS) is 9.79. The van der Waals surface area contributed by atoms with Crippen molar-refractivity contribution in [1.82, 2.24) is 0 Å². The first kappa shape index (κ1) is 10.5. The molecule has 4 nitrogen and oxygen atoms in total. The second-order valence-electron chi connectivity index (χ2n) is 2.76. The number of esters is 1. The number of phenols is 1. The molecule has 1 aromatic carbocycles. The van der Waals surface area contributed by atoms with Gasteiger partial charge in [-0.25, -0.2) is 4.79 Å². The van der Waals surface area contributed by atoms with Crippen molar-refractivity contribution < 1.29 is 19.7 Å². The molecule has 1 rings (SSSR count). The Hall–Kier alpha value is -1.55. The minimum Gasteiger partial charge on any atom is -0.508 e. The smallest absolute Gasteiger partial charge is 0.338 e. The molecule has 2 N–H and O–H groups in total. The molecule has 0 fully saturated rings. The Kier molecular flexibility index (Phi) is 3.94. The van der Waals surface area contributed by atoms with E-state index in [0.29, 0.717) is 12.0 Å². The van der Waals surface area contributed by atoms with Gasteiger partial charge in [0.05, 0.1) is 12.2 Å². The van der Waals surface area contributed by atoms with Crippen molar-refractivity contribution in [3.05, 3.63) is 29.8 Å². The second-order valence-corrected chi connectivity index (χ2v) is 2.76. The zero-order valence-corrected chi connectivity index (χ0v) is 7.64. The molecule has 0 bridgehead atoms. The van der Waals surface area contributed by atoms with Gasteiger partial charge < -0.3 is 14.9 Å². The lowest BCUT2D eigenvalue weighted by atomic mass is 10.2. The monoisotopic (exact) mass is 196 g/mol. The van der Waals surface area contributed by atoms with Crippen molar-refractivity contribution >= 4 is 5.97 Å². The molecule has 0 saturated carbocycles. The van der Waals surface area contributed by atoms with Crippen LogP contribution in [0.25, 0.3) is 0 Å². The third-order valence-corrected chi connectivity index (χ3v) is 1.64. The van der Waals surface area contributed by atoms with E-state index in [1.165, 1.54) is 24.3 Å². The van der Waals surface area contributed by atoms with Crippen molar-refractivity contribution in [1.29, 1.82) is 0 Å². The summed E-state index contributed by atoms with van der Waals surface area (Å²) in [4.78, 5) is 11.2. The largest absolute Gasteiger partial charge is 0.508 e. The van der Waals surface area contributed by atoms with E-state index < -0.39 is 5.97 Å². The molecule has 0 aliphatic heterocycles. The van der Waals surface area contributed by atoms with Crippen molar-refractivity contribution in [3.63, 3.8) is 0 Å². The van der Waals surface area contributed by atoms with Gasteiger partial charge in [-0.3, -0.25) is 0 Å². The highest BCUT2D eigenvalue weighted by Crippen LogP contribution is 2.10. The number of hydrogen-bond donors (Lipinski definition) is 2. The summed E-state index contributed by atoms with van der Waals surface area (Å²) in [6, 6.07) is 5.80. The van der Waals surface area contributed by atoms with E-state index in [2.05, 4.69) is 0 Å². The number of aromatic hydroxyl groups is 1. The maximum Gasteiger partial charge on any atom is 0.338 e. The lowest BCUT2D eigenvalue weighted by molar-refractivity contribution is 0.0482. The summed E-state index contributed by atoms with van der Waals surface area (Å²) in [5.41, 5.74) is 0.390. The highest BCUT2D eigenvalue weighted by Gasteiger charge is 2.05. The number of carbonyl (C=O) groups is 1. The first-order valence-electron chi connectivity index (χ1n) is 4.31. The van der Waals surface area contributed by atoms with Crippen LogP contribution in [0.1, 0.15) is 16.8 Å². The first-order valence-corrected chi connectivity index (χ1v) is 4.31. The van der Waals surface area contributed by atoms with Gasteiger partial charge >= 0.3 is 5.97 Å². The minimum atomic E-state index is -0.446. The minimum absolute atomic E-state index is 0.00284. The van der Waals surface area contributed by atoms with Gasteiger partial charge in [0.2, 0.25) is 0 Å². The fraction of sp³-hybridized carbons (Fsp3) is 0.300. The Morgan fingerprint density at radius 3 is 2.50 bits per heavy atom. The van der Waals surface area contributed by atoms with E-state index in [0.717, 1.165) is 0 Å². The quantitative estimate of drug-likeness (QED) is 0.555. The van der Waals surface area contributed by atoms with Crippen LogP contribution in [0.2, 0.25) is 0 Å². The van der Waals surface area contributed by atoms with Crippen molar-refractivity contribution in [3.8, 4) is 5.75 Å². The number of aliphatic hydroxyl groups excluding tert-OH is 1.